The van der Waals surface area contributed by atoms with Crippen molar-refractivity contribution in [3.63, 3.8) is 0 Å². The number of nitrogens with one attached hydrogen (secondary N) is 1. The molecule has 2 atom stereocenters. The van der Waals surface area contributed by atoms with Gasteiger partial charge in [0.25, 0.3) is 0 Å². The molecule has 2 unspecified atom stereocenters. The van der Waals surface area contributed by atoms with Gasteiger partial charge in [0.15, 0.2) is 0 Å². The predicted molar refractivity (Wildman–Crippen MR) is 84.4 cm³/mol. The largest absolute Gasteiger partial charge is 0.494 e. The van der Waals surface area contributed by atoms with Crippen molar-refractivity contribution < 1.29 is 9.47 Å². The Kier molecular flexibility index (Phi) is 8.31. The van der Waals surface area contributed by atoms with Crippen LogP contribution in [0, 0.1) is 0 Å². The maximum absolute atomic E-state index is 5.94. The van der Waals surface area contributed by atoms with Gasteiger partial charge in [-0.2, -0.15) is 0 Å². The van der Waals surface area contributed by atoms with E-state index in [2.05, 4.69) is 38.2 Å². The molecule has 0 spiro atoms. The second-order valence-corrected chi connectivity index (χ2v) is 5.04. The highest BCUT2D eigenvalue weighted by molar-refractivity contribution is 5.29. The average molecular weight is 279 g/mol. The molecule has 1 rings (SSSR count). The number of hydrogen-bond donors (Lipinski definition) is 1. The van der Waals surface area contributed by atoms with Crippen molar-refractivity contribution >= 4 is 0 Å². The Labute approximate surface area is 123 Å². The van der Waals surface area contributed by atoms with Crippen molar-refractivity contribution in [3.8, 4) is 5.75 Å². The molecule has 1 aromatic carbocycles. The lowest BCUT2D eigenvalue weighted by atomic mass is 10.1. The maximum Gasteiger partial charge on any atom is 0.119 e. The summed E-state index contributed by atoms with van der Waals surface area (Å²) in [5, 5.41) is 3.48. The first kappa shape index (κ1) is 17.0. The van der Waals surface area contributed by atoms with Crippen LogP contribution in [0.1, 0.15) is 52.1 Å². The van der Waals surface area contributed by atoms with E-state index in [1.807, 2.05) is 19.1 Å². The minimum Gasteiger partial charge on any atom is -0.494 e. The van der Waals surface area contributed by atoms with E-state index in [1.165, 1.54) is 5.56 Å². The molecule has 0 amide bonds. The van der Waals surface area contributed by atoms with Crippen LogP contribution in [-0.2, 0) is 4.74 Å². The van der Waals surface area contributed by atoms with E-state index in [-0.39, 0.29) is 6.04 Å². The molecule has 0 aliphatic rings. The number of hydrogen-bond acceptors (Lipinski definition) is 3. The van der Waals surface area contributed by atoms with E-state index in [9.17, 15) is 0 Å². The molecule has 0 aliphatic carbocycles. The van der Waals surface area contributed by atoms with Crippen LogP contribution in [0.4, 0.5) is 0 Å². The van der Waals surface area contributed by atoms with Gasteiger partial charge in [-0.3, -0.25) is 0 Å². The van der Waals surface area contributed by atoms with Crippen LogP contribution in [-0.4, -0.2) is 25.9 Å². The Morgan fingerprint density at radius 2 is 1.80 bits per heavy atom. The lowest BCUT2D eigenvalue weighted by molar-refractivity contribution is 0.0442. The summed E-state index contributed by atoms with van der Waals surface area (Å²) in [5.74, 6) is 0.923. The molecular formula is C17H29NO2. The van der Waals surface area contributed by atoms with Gasteiger partial charge in [-0.05, 0) is 44.5 Å². The summed E-state index contributed by atoms with van der Waals surface area (Å²) in [6, 6.07) is 8.53. The van der Waals surface area contributed by atoms with Gasteiger partial charge in [0.05, 0.1) is 25.4 Å². The summed E-state index contributed by atoms with van der Waals surface area (Å²) in [4.78, 5) is 0. The van der Waals surface area contributed by atoms with E-state index in [0.717, 1.165) is 25.1 Å². The molecule has 0 radical (unpaired) electrons. The van der Waals surface area contributed by atoms with Crippen molar-refractivity contribution in [1.29, 1.82) is 0 Å². The van der Waals surface area contributed by atoms with Crippen molar-refractivity contribution in [2.75, 3.05) is 19.8 Å². The van der Waals surface area contributed by atoms with Gasteiger partial charge in [-0.1, -0.05) is 32.4 Å². The minimum absolute atomic E-state index is 0.245. The van der Waals surface area contributed by atoms with Crippen LogP contribution in [0.5, 0.6) is 5.75 Å². The molecule has 114 valence electrons. The summed E-state index contributed by atoms with van der Waals surface area (Å²) in [6.45, 7) is 10.8. The molecule has 1 aromatic rings. The van der Waals surface area contributed by atoms with Gasteiger partial charge in [0.2, 0.25) is 0 Å². The summed E-state index contributed by atoms with van der Waals surface area (Å²) in [6.07, 6.45) is 2.60. The molecule has 0 aliphatic heterocycles. The topological polar surface area (TPSA) is 30.5 Å². The molecule has 20 heavy (non-hydrogen) atoms. The van der Waals surface area contributed by atoms with Crippen LogP contribution in [0.2, 0.25) is 0 Å². The van der Waals surface area contributed by atoms with E-state index in [4.69, 9.17) is 9.47 Å². The quantitative estimate of drug-likeness (QED) is 0.703. The van der Waals surface area contributed by atoms with Crippen LogP contribution >= 0.6 is 0 Å². The summed E-state index contributed by atoms with van der Waals surface area (Å²) >= 11 is 0. The standard InChI is InChI=1S/C17H29NO2/c1-5-8-14(4)20-13-17(18-6-2)15-9-11-16(12-10-15)19-7-3/h9-12,14,17-18H,5-8,13H2,1-4H3. The number of likely N-dealkylation sites (N-methyl/N-ethyl adjacent to an activating group) is 1. The zero-order valence-electron chi connectivity index (χ0n) is 13.3. The van der Waals surface area contributed by atoms with Crippen molar-refractivity contribution in [2.24, 2.45) is 0 Å². The fourth-order valence-corrected chi connectivity index (χ4v) is 2.23. The maximum atomic E-state index is 5.94. The fourth-order valence-electron chi connectivity index (χ4n) is 2.23. The zero-order valence-corrected chi connectivity index (χ0v) is 13.3. The Hall–Kier alpha value is -1.06. The van der Waals surface area contributed by atoms with Crippen LogP contribution in [0.25, 0.3) is 0 Å². The van der Waals surface area contributed by atoms with Gasteiger partial charge < -0.3 is 14.8 Å². The highest BCUT2D eigenvalue weighted by Crippen LogP contribution is 2.19. The molecule has 0 aromatic heterocycles. The molecule has 1 N–H and O–H groups in total. The summed E-state index contributed by atoms with van der Waals surface area (Å²) < 4.78 is 11.4. The van der Waals surface area contributed by atoms with Gasteiger partial charge >= 0.3 is 0 Å². The summed E-state index contributed by atoms with van der Waals surface area (Å²) in [7, 11) is 0. The third kappa shape index (κ3) is 5.93. The number of ether oxygens (including phenoxy) is 2. The third-order valence-electron chi connectivity index (χ3n) is 3.29. The Morgan fingerprint density at radius 1 is 1.10 bits per heavy atom. The van der Waals surface area contributed by atoms with Crippen LogP contribution in [0.15, 0.2) is 24.3 Å². The zero-order chi connectivity index (χ0) is 14.8. The number of benzene rings is 1. The molecule has 0 saturated carbocycles. The monoisotopic (exact) mass is 279 g/mol. The van der Waals surface area contributed by atoms with Crippen molar-refractivity contribution in [2.45, 2.75) is 52.7 Å². The van der Waals surface area contributed by atoms with E-state index >= 15 is 0 Å². The van der Waals surface area contributed by atoms with Crippen LogP contribution < -0.4 is 10.1 Å². The van der Waals surface area contributed by atoms with Gasteiger partial charge in [-0.15, -0.1) is 0 Å². The minimum atomic E-state index is 0.245. The Morgan fingerprint density at radius 3 is 2.35 bits per heavy atom. The molecule has 0 fully saturated rings. The van der Waals surface area contributed by atoms with Gasteiger partial charge in [0.1, 0.15) is 5.75 Å². The smallest absolute Gasteiger partial charge is 0.119 e. The van der Waals surface area contributed by atoms with Gasteiger partial charge in [-0.25, -0.2) is 0 Å². The molecule has 0 bridgehead atoms. The van der Waals surface area contributed by atoms with Crippen molar-refractivity contribution in [1.82, 2.24) is 5.32 Å². The first-order valence-electron chi connectivity index (χ1n) is 7.78. The molecular weight excluding hydrogens is 250 g/mol. The normalized spacial score (nSPS) is 14.0. The predicted octanol–water partition coefficient (Wildman–Crippen LogP) is 3.94. The first-order chi connectivity index (χ1) is 9.71. The average Bonchev–Trinajstić information content (AvgIpc) is 2.45. The van der Waals surface area contributed by atoms with E-state index < -0.39 is 0 Å². The SMILES string of the molecule is CCCC(C)OCC(NCC)c1ccc(OCC)cc1. The second kappa shape index (κ2) is 9.78. The first-order valence-corrected chi connectivity index (χ1v) is 7.78. The molecule has 0 saturated heterocycles. The second-order valence-electron chi connectivity index (χ2n) is 5.04. The number of rotatable bonds is 10. The fraction of sp³-hybridized carbons (Fsp3) is 0.647. The highest BCUT2D eigenvalue weighted by Gasteiger charge is 2.12. The molecule has 0 heterocycles. The lowest BCUT2D eigenvalue weighted by Crippen LogP contribution is -2.27. The van der Waals surface area contributed by atoms with E-state index in [0.29, 0.717) is 19.3 Å². The highest BCUT2D eigenvalue weighted by atomic mass is 16.5. The third-order valence-corrected chi connectivity index (χ3v) is 3.29. The van der Waals surface area contributed by atoms with E-state index in [1.54, 1.807) is 0 Å². The summed E-state index contributed by atoms with van der Waals surface area (Å²) in [5.41, 5.74) is 1.25. The van der Waals surface area contributed by atoms with Crippen molar-refractivity contribution in [3.05, 3.63) is 29.8 Å². The molecule has 3 heteroatoms. The Bertz CT molecular complexity index is 351. The Balaban J connectivity index is 2.59. The van der Waals surface area contributed by atoms with Gasteiger partial charge in [0, 0.05) is 0 Å². The molecule has 3 nitrogen and oxygen atoms in total. The lowest BCUT2D eigenvalue weighted by Gasteiger charge is -2.21. The van der Waals surface area contributed by atoms with Crippen LogP contribution in [0.3, 0.4) is 0 Å².